The lowest BCUT2D eigenvalue weighted by Crippen LogP contribution is -2.02. The second kappa shape index (κ2) is 3.43. The first-order chi connectivity index (χ1) is 8.16. The van der Waals surface area contributed by atoms with Crippen molar-refractivity contribution in [3.63, 3.8) is 0 Å². The Morgan fingerprint density at radius 2 is 2.06 bits per heavy atom. The number of aromatic nitrogens is 1. The van der Waals surface area contributed by atoms with Crippen LogP contribution in [0.5, 0.6) is 0 Å². The van der Waals surface area contributed by atoms with E-state index in [0.29, 0.717) is 10.2 Å². The zero-order valence-electron chi connectivity index (χ0n) is 8.56. The predicted octanol–water partition coefficient (Wildman–Crippen LogP) is 2.44. The Morgan fingerprint density at radius 1 is 1.29 bits per heavy atom. The number of fused-ring (bicyclic) bond motifs is 3. The largest absolute Gasteiger partial charge is 0.478 e. The summed E-state index contributed by atoms with van der Waals surface area (Å²) in [6, 6.07) is 8.59. The molecule has 2 aromatic heterocycles. The number of nitrogens with one attached hydrogen (secondary N) is 1. The highest BCUT2D eigenvalue weighted by molar-refractivity contribution is 7.16. The summed E-state index contributed by atoms with van der Waals surface area (Å²) in [5.74, 6) is -1.08. The molecule has 1 aromatic carbocycles. The first kappa shape index (κ1) is 10.0. The van der Waals surface area contributed by atoms with Crippen LogP contribution in [0.25, 0.3) is 21.1 Å². The van der Waals surface area contributed by atoms with Gasteiger partial charge in [-0.15, -0.1) is 0 Å². The van der Waals surface area contributed by atoms with E-state index in [1.54, 1.807) is 0 Å². The number of rotatable bonds is 1. The zero-order chi connectivity index (χ0) is 12.0. The van der Waals surface area contributed by atoms with Crippen LogP contribution in [0.15, 0.2) is 35.1 Å². The number of hydrogen-bond acceptors (Lipinski definition) is 3. The van der Waals surface area contributed by atoms with Crippen molar-refractivity contribution in [3.8, 4) is 0 Å². The fourth-order valence-corrected chi connectivity index (χ4v) is 2.81. The molecule has 0 aliphatic rings. The molecule has 0 saturated carbocycles. The fourth-order valence-electron chi connectivity index (χ4n) is 1.95. The third-order valence-electron chi connectivity index (χ3n) is 2.64. The van der Waals surface area contributed by atoms with Crippen LogP contribution in [-0.2, 0) is 0 Å². The average Bonchev–Trinajstić information content (AvgIpc) is 2.65. The van der Waals surface area contributed by atoms with Crippen molar-refractivity contribution in [1.82, 2.24) is 4.98 Å². The topological polar surface area (TPSA) is 70.2 Å². The zero-order valence-corrected chi connectivity index (χ0v) is 9.38. The molecule has 2 heterocycles. The van der Waals surface area contributed by atoms with Gasteiger partial charge in [0.05, 0.1) is 5.56 Å². The van der Waals surface area contributed by atoms with Crippen LogP contribution in [0.4, 0.5) is 0 Å². The highest BCUT2D eigenvalue weighted by Crippen LogP contribution is 2.28. The van der Waals surface area contributed by atoms with Crippen LogP contribution in [0, 0.1) is 0 Å². The molecule has 84 valence electrons. The Balaban J connectivity index is 2.62. The van der Waals surface area contributed by atoms with E-state index in [4.69, 9.17) is 5.11 Å². The van der Waals surface area contributed by atoms with Crippen molar-refractivity contribution < 1.29 is 9.90 Å². The van der Waals surface area contributed by atoms with Crippen molar-refractivity contribution in [1.29, 1.82) is 0 Å². The SMILES string of the molecule is O=C(O)c1cc(=O)sc2[nH]c3ccccc3c12. The second-order valence-corrected chi connectivity index (χ2v) is 4.67. The van der Waals surface area contributed by atoms with Crippen LogP contribution >= 0.6 is 11.3 Å². The Hall–Kier alpha value is -2.14. The minimum absolute atomic E-state index is 0.0567. The van der Waals surface area contributed by atoms with Gasteiger partial charge in [-0.05, 0) is 6.07 Å². The molecule has 0 bridgehead atoms. The highest BCUT2D eigenvalue weighted by atomic mass is 32.1. The molecule has 5 heteroatoms. The maximum Gasteiger partial charge on any atom is 0.336 e. The van der Waals surface area contributed by atoms with Gasteiger partial charge in [0, 0.05) is 22.4 Å². The number of hydrogen-bond donors (Lipinski definition) is 2. The minimum Gasteiger partial charge on any atom is -0.478 e. The summed E-state index contributed by atoms with van der Waals surface area (Å²) in [6.07, 6.45) is 0. The normalized spacial score (nSPS) is 11.1. The van der Waals surface area contributed by atoms with E-state index in [-0.39, 0.29) is 10.3 Å². The van der Waals surface area contributed by atoms with Crippen LogP contribution in [0.1, 0.15) is 10.4 Å². The molecule has 0 aliphatic heterocycles. The van der Waals surface area contributed by atoms with E-state index in [0.717, 1.165) is 22.2 Å². The standard InChI is InChI=1S/C12H7NO3S/c14-9-5-7(12(15)16)10-6-3-1-2-4-8(6)13-11(10)17-9/h1-5,13H,(H,15,16). The molecule has 0 amide bonds. The molecule has 0 unspecified atom stereocenters. The molecule has 3 aromatic rings. The number of carboxylic acid groups (broad SMARTS) is 1. The van der Waals surface area contributed by atoms with Gasteiger partial charge < -0.3 is 10.1 Å². The number of aromatic amines is 1. The first-order valence-electron chi connectivity index (χ1n) is 4.94. The van der Waals surface area contributed by atoms with Crippen molar-refractivity contribution in [2.75, 3.05) is 0 Å². The maximum absolute atomic E-state index is 11.4. The number of aromatic carboxylic acids is 1. The van der Waals surface area contributed by atoms with Crippen molar-refractivity contribution in [2.24, 2.45) is 0 Å². The minimum atomic E-state index is -1.08. The summed E-state index contributed by atoms with van der Waals surface area (Å²) in [4.78, 5) is 26.3. The van der Waals surface area contributed by atoms with Gasteiger partial charge in [-0.1, -0.05) is 29.5 Å². The van der Waals surface area contributed by atoms with Crippen LogP contribution in [-0.4, -0.2) is 16.1 Å². The van der Waals surface area contributed by atoms with E-state index in [1.807, 2.05) is 24.3 Å². The molecule has 0 saturated heterocycles. The Kier molecular flexibility index (Phi) is 2.02. The van der Waals surface area contributed by atoms with Crippen LogP contribution in [0.3, 0.4) is 0 Å². The van der Waals surface area contributed by atoms with Crippen molar-refractivity contribution in [2.45, 2.75) is 0 Å². The summed E-state index contributed by atoms with van der Waals surface area (Å²) >= 11 is 1.02. The third kappa shape index (κ3) is 1.43. The van der Waals surface area contributed by atoms with Gasteiger partial charge in [0.15, 0.2) is 0 Å². The lowest BCUT2D eigenvalue weighted by atomic mass is 10.1. The number of carbonyl (C=O) groups is 1. The highest BCUT2D eigenvalue weighted by Gasteiger charge is 2.15. The smallest absolute Gasteiger partial charge is 0.336 e. The molecule has 0 atom stereocenters. The van der Waals surface area contributed by atoms with Crippen molar-refractivity contribution >= 4 is 38.4 Å². The number of H-pyrrole nitrogens is 1. The summed E-state index contributed by atoms with van der Waals surface area (Å²) in [5.41, 5.74) is 0.896. The van der Waals surface area contributed by atoms with Crippen LogP contribution in [0.2, 0.25) is 0 Å². The fraction of sp³-hybridized carbons (Fsp3) is 0. The monoisotopic (exact) mass is 245 g/mol. The Morgan fingerprint density at radius 3 is 2.82 bits per heavy atom. The molecular formula is C12H7NO3S. The van der Waals surface area contributed by atoms with Crippen molar-refractivity contribution in [3.05, 3.63) is 45.4 Å². The lowest BCUT2D eigenvalue weighted by Gasteiger charge is -1.96. The van der Waals surface area contributed by atoms with Gasteiger partial charge in [0.1, 0.15) is 4.83 Å². The van der Waals surface area contributed by atoms with E-state index in [9.17, 15) is 9.59 Å². The van der Waals surface area contributed by atoms with Gasteiger partial charge in [0.2, 0.25) is 4.74 Å². The Bertz CT molecular complexity index is 800. The summed E-state index contributed by atoms with van der Waals surface area (Å²) in [5, 5.41) is 10.6. The maximum atomic E-state index is 11.4. The van der Waals surface area contributed by atoms with Gasteiger partial charge >= 0.3 is 5.97 Å². The predicted molar refractivity (Wildman–Crippen MR) is 66.9 cm³/mol. The molecule has 0 spiro atoms. The van der Waals surface area contributed by atoms with E-state index < -0.39 is 5.97 Å². The lowest BCUT2D eigenvalue weighted by molar-refractivity contribution is 0.0699. The molecule has 0 radical (unpaired) electrons. The molecule has 2 N–H and O–H groups in total. The van der Waals surface area contributed by atoms with E-state index >= 15 is 0 Å². The van der Waals surface area contributed by atoms with Gasteiger partial charge in [-0.25, -0.2) is 4.79 Å². The molecular weight excluding hydrogens is 238 g/mol. The molecule has 3 rings (SSSR count). The van der Waals surface area contributed by atoms with E-state index in [2.05, 4.69) is 4.98 Å². The summed E-state index contributed by atoms with van der Waals surface area (Å²) < 4.78 is -0.263. The van der Waals surface area contributed by atoms with Gasteiger partial charge in [0.25, 0.3) is 0 Å². The third-order valence-corrected chi connectivity index (χ3v) is 3.47. The quantitative estimate of drug-likeness (QED) is 0.691. The van der Waals surface area contributed by atoms with Gasteiger partial charge in [-0.3, -0.25) is 4.79 Å². The molecule has 4 nitrogen and oxygen atoms in total. The second-order valence-electron chi connectivity index (χ2n) is 3.66. The number of carboxylic acids is 1. The molecule has 17 heavy (non-hydrogen) atoms. The molecule has 0 aliphatic carbocycles. The average molecular weight is 245 g/mol. The summed E-state index contributed by atoms with van der Waals surface area (Å²) in [6.45, 7) is 0. The van der Waals surface area contributed by atoms with E-state index in [1.165, 1.54) is 6.07 Å². The first-order valence-corrected chi connectivity index (χ1v) is 5.76. The van der Waals surface area contributed by atoms with Crippen LogP contribution < -0.4 is 4.74 Å². The number of para-hydroxylation sites is 1. The number of benzene rings is 1. The van der Waals surface area contributed by atoms with Gasteiger partial charge in [-0.2, -0.15) is 0 Å². The Labute approximate surface area is 99.1 Å². The molecule has 0 fully saturated rings. The summed E-state index contributed by atoms with van der Waals surface area (Å²) in [7, 11) is 0.